The zero-order chi connectivity index (χ0) is 11.7. The molecule has 1 saturated carbocycles. The molecule has 0 spiro atoms. The van der Waals surface area contributed by atoms with Crippen molar-refractivity contribution in [2.45, 2.75) is 25.3 Å². The van der Waals surface area contributed by atoms with Crippen LogP contribution >= 0.6 is 0 Å². The number of aryl methyl sites for hydroxylation is 1. The second kappa shape index (κ2) is 4.78. The Morgan fingerprint density at radius 3 is 3.06 bits per heavy atom. The molecule has 2 heterocycles. The predicted octanol–water partition coefficient (Wildman–Crippen LogP) is 0.646. The van der Waals surface area contributed by atoms with Crippen molar-refractivity contribution in [2.24, 2.45) is 13.0 Å². The standard InChI is InChI=1S/C13H22N4/c1-16-12(4-6-15-16)5-8-17-9-7-14-13(10-17)11-2-3-11/h4,6,11,13-14H,2-3,5,7-10H2,1H3. The van der Waals surface area contributed by atoms with E-state index in [1.807, 2.05) is 17.9 Å². The Morgan fingerprint density at radius 2 is 2.35 bits per heavy atom. The summed E-state index contributed by atoms with van der Waals surface area (Å²) in [6.45, 7) is 4.76. The lowest BCUT2D eigenvalue weighted by molar-refractivity contribution is 0.189. The number of hydrogen-bond acceptors (Lipinski definition) is 3. The summed E-state index contributed by atoms with van der Waals surface area (Å²) in [6, 6.07) is 2.89. The molecule has 1 aliphatic carbocycles. The molecule has 2 aliphatic rings. The molecule has 1 aromatic rings. The Labute approximate surface area is 103 Å². The summed E-state index contributed by atoms with van der Waals surface area (Å²) < 4.78 is 1.99. The van der Waals surface area contributed by atoms with E-state index in [1.54, 1.807) is 0 Å². The van der Waals surface area contributed by atoms with Crippen LogP contribution in [0.1, 0.15) is 18.5 Å². The molecule has 4 heteroatoms. The maximum Gasteiger partial charge on any atom is 0.0492 e. The summed E-state index contributed by atoms with van der Waals surface area (Å²) in [5.41, 5.74) is 1.34. The van der Waals surface area contributed by atoms with Crippen LogP contribution in [0, 0.1) is 5.92 Å². The van der Waals surface area contributed by atoms with Crippen molar-refractivity contribution in [3.05, 3.63) is 18.0 Å². The van der Waals surface area contributed by atoms with Gasteiger partial charge in [-0.3, -0.25) is 4.68 Å². The van der Waals surface area contributed by atoms with E-state index >= 15 is 0 Å². The van der Waals surface area contributed by atoms with Crippen molar-refractivity contribution >= 4 is 0 Å². The largest absolute Gasteiger partial charge is 0.311 e. The maximum atomic E-state index is 4.22. The quantitative estimate of drug-likeness (QED) is 0.830. The molecular weight excluding hydrogens is 212 g/mol. The SMILES string of the molecule is Cn1nccc1CCN1CCNC(C2CC2)C1. The second-order valence-electron chi connectivity index (χ2n) is 5.39. The van der Waals surface area contributed by atoms with Gasteiger partial charge in [0.2, 0.25) is 0 Å². The fraction of sp³-hybridized carbons (Fsp3) is 0.769. The lowest BCUT2D eigenvalue weighted by atomic mass is 10.1. The van der Waals surface area contributed by atoms with Crippen LogP contribution in [0.3, 0.4) is 0 Å². The number of piperazine rings is 1. The van der Waals surface area contributed by atoms with Crippen LogP contribution in [-0.4, -0.2) is 46.9 Å². The van der Waals surface area contributed by atoms with Crippen LogP contribution in [0.5, 0.6) is 0 Å². The van der Waals surface area contributed by atoms with Crippen LogP contribution in [0.25, 0.3) is 0 Å². The van der Waals surface area contributed by atoms with Crippen LogP contribution in [0.4, 0.5) is 0 Å². The highest BCUT2D eigenvalue weighted by Gasteiger charge is 2.33. The first-order valence-corrected chi connectivity index (χ1v) is 6.75. The van der Waals surface area contributed by atoms with Gasteiger partial charge in [0.05, 0.1) is 0 Å². The summed E-state index contributed by atoms with van der Waals surface area (Å²) in [5.74, 6) is 0.967. The molecule has 1 saturated heterocycles. The maximum absolute atomic E-state index is 4.22. The number of aromatic nitrogens is 2. The zero-order valence-electron chi connectivity index (χ0n) is 10.6. The molecule has 1 N–H and O–H groups in total. The first kappa shape index (κ1) is 11.2. The first-order chi connectivity index (χ1) is 8.33. The Kier molecular flexibility index (Phi) is 3.16. The lowest BCUT2D eigenvalue weighted by Gasteiger charge is -2.33. The molecule has 1 unspecified atom stereocenters. The number of hydrogen-bond donors (Lipinski definition) is 1. The van der Waals surface area contributed by atoms with Gasteiger partial charge in [-0.05, 0) is 24.8 Å². The van der Waals surface area contributed by atoms with Crippen molar-refractivity contribution in [1.29, 1.82) is 0 Å². The highest BCUT2D eigenvalue weighted by molar-refractivity contribution is 5.01. The van der Waals surface area contributed by atoms with Gasteiger partial charge >= 0.3 is 0 Å². The average molecular weight is 234 g/mol. The number of nitrogens with one attached hydrogen (secondary N) is 1. The van der Waals surface area contributed by atoms with Crippen molar-refractivity contribution in [1.82, 2.24) is 20.0 Å². The van der Waals surface area contributed by atoms with E-state index in [0.29, 0.717) is 0 Å². The van der Waals surface area contributed by atoms with Gasteiger partial charge in [-0.1, -0.05) is 0 Å². The van der Waals surface area contributed by atoms with Crippen LogP contribution in [0.2, 0.25) is 0 Å². The van der Waals surface area contributed by atoms with Gasteiger partial charge in [-0.15, -0.1) is 0 Å². The topological polar surface area (TPSA) is 33.1 Å². The zero-order valence-corrected chi connectivity index (χ0v) is 10.6. The van der Waals surface area contributed by atoms with Crippen molar-refractivity contribution in [3.8, 4) is 0 Å². The lowest BCUT2D eigenvalue weighted by Crippen LogP contribution is -2.52. The fourth-order valence-electron chi connectivity index (χ4n) is 2.78. The summed E-state index contributed by atoms with van der Waals surface area (Å²) in [4.78, 5) is 2.60. The summed E-state index contributed by atoms with van der Waals surface area (Å²) in [6.07, 6.45) is 5.88. The van der Waals surface area contributed by atoms with Gasteiger partial charge in [0.15, 0.2) is 0 Å². The fourth-order valence-corrected chi connectivity index (χ4v) is 2.78. The summed E-state index contributed by atoms with van der Waals surface area (Å²) in [5, 5.41) is 7.88. The minimum Gasteiger partial charge on any atom is -0.311 e. The Hall–Kier alpha value is -0.870. The Morgan fingerprint density at radius 1 is 1.47 bits per heavy atom. The molecule has 17 heavy (non-hydrogen) atoms. The predicted molar refractivity (Wildman–Crippen MR) is 67.9 cm³/mol. The Bertz CT molecular complexity index is 369. The third-order valence-corrected chi connectivity index (χ3v) is 4.09. The molecular formula is C13H22N4. The van der Waals surface area contributed by atoms with E-state index in [-0.39, 0.29) is 0 Å². The van der Waals surface area contributed by atoms with Gasteiger partial charge in [0, 0.05) is 57.6 Å². The number of nitrogens with zero attached hydrogens (tertiary/aromatic N) is 3. The van der Waals surface area contributed by atoms with Gasteiger partial charge in [-0.2, -0.15) is 5.10 Å². The number of rotatable bonds is 4. The molecule has 0 amide bonds. The van der Waals surface area contributed by atoms with Crippen LogP contribution < -0.4 is 5.32 Å². The molecule has 1 atom stereocenters. The summed E-state index contributed by atoms with van der Waals surface area (Å²) in [7, 11) is 2.03. The molecule has 94 valence electrons. The minimum atomic E-state index is 0.760. The highest BCUT2D eigenvalue weighted by Crippen LogP contribution is 2.33. The van der Waals surface area contributed by atoms with Crippen molar-refractivity contribution in [3.63, 3.8) is 0 Å². The van der Waals surface area contributed by atoms with Crippen molar-refractivity contribution in [2.75, 3.05) is 26.2 Å². The molecule has 0 radical (unpaired) electrons. The summed E-state index contributed by atoms with van der Waals surface area (Å²) >= 11 is 0. The second-order valence-corrected chi connectivity index (χ2v) is 5.39. The van der Waals surface area contributed by atoms with E-state index in [9.17, 15) is 0 Å². The third kappa shape index (κ3) is 2.69. The monoisotopic (exact) mass is 234 g/mol. The molecule has 4 nitrogen and oxygen atoms in total. The van der Waals surface area contributed by atoms with E-state index in [2.05, 4.69) is 21.4 Å². The highest BCUT2D eigenvalue weighted by atomic mass is 15.3. The minimum absolute atomic E-state index is 0.760. The average Bonchev–Trinajstić information content (AvgIpc) is 3.12. The molecule has 0 bridgehead atoms. The molecule has 1 aromatic heterocycles. The molecule has 3 rings (SSSR count). The molecule has 0 aromatic carbocycles. The van der Waals surface area contributed by atoms with Gasteiger partial charge in [0.1, 0.15) is 0 Å². The van der Waals surface area contributed by atoms with Crippen molar-refractivity contribution < 1.29 is 0 Å². The van der Waals surface area contributed by atoms with E-state index in [1.165, 1.54) is 38.2 Å². The first-order valence-electron chi connectivity index (χ1n) is 6.75. The van der Waals surface area contributed by atoms with Crippen LogP contribution in [0.15, 0.2) is 12.3 Å². The normalized spacial score (nSPS) is 26.3. The molecule has 2 fully saturated rings. The van der Waals surface area contributed by atoms with Crippen LogP contribution in [-0.2, 0) is 13.5 Å². The molecule has 1 aliphatic heterocycles. The third-order valence-electron chi connectivity index (χ3n) is 4.09. The van der Waals surface area contributed by atoms with Gasteiger partial charge in [0.25, 0.3) is 0 Å². The van der Waals surface area contributed by atoms with Gasteiger partial charge in [-0.25, -0.2) is 0 Å². The smallest absolute Gasteiger partial charge is 0.0492 e. The van der Waals surface area contributed by atoms with Gasteiger partial charge < -0.3 is 10.2 Å². The van der Waals surface area contributed by atoms with E-state index < -0.39 is 0 Å². The van der Waals surface area contributed by atoms with E-state index in [0.717, 1.165) is 24.9 Å². The Balaban J connectivity index is 1.49. The van der Waals surface area contributed by atoms with E-state index in [4.69, 9.17) is 0 Å².